The van der Waals surface area contributed by atoms with Crippen LogP contribution in [-0.4, -0.2) is 55.1 Å². The van der Waals surface area contributed by atoms with Crippen LogP contribution in [0.15, 0.2) is 36.1 Å². The van der Waals surface area contributed by atoms with Crippen LogP contribution in [0.3, 0.4) is 0 Å². The summed E-state index contributed by atoms with van der Waals surface area (Å²) in [4.78, 5) is 39.1. The first kappa shape index (κ1) is 21.8. The number of anilines is 1. The number of nitrogens with zero attached hydrogens (tertiary/aromatic N) is 1. The zero-order chi connectivity index (χ0) is 21.9. The van der Waals surface area contributed by atoms with Crippen LogP contribution in [0, 0.1) is 11.8 Å². The van der Waals surface area contributed by atoms with Crippen molar-refractivity contribution in [3.05, 3.63) is 41.7 Å². The molecular weight excluding hydrogens is 388 g/mol. The molecule has 8 nitrogen and oxygen atoms in total. The molecule has 2 aliphatic heterocycles. The van der Waals surface area contributed by atoms with Crippen molar-refractivity contribution in [1.82, 2.24) is 4.90 Å². The molecule has 2 heterocycles. The molecule has 2 aliphatic rings. The summed E-state index contributed by atoms with van der Waals surface area (Å²) < 4.78 is 9.90. The van der Waals surface area contributed by atoms with Gasteiger partial charge in [-0.05, 0) is 12.0 Å². The lowest BCUT2D eigenvalue weighted by atomic mass is 9.78. The van der Waals surface area contributed by atoms with Gasteiger partial charge >= 0.3 is 5.97 Å². The topological polar surface area (TPSA) is 105 Å². The highest BCUT2D eigenvalue weighted by molar-refractivity contribution is 6.04. The van der Waals surface area contributed by atoms with E-state index in [1.165, 1.54) is 20.5 Å². The number of likely N-dealkylation sites (tertiary alicyclic amines) is 1. The minimum atomic E-state index is -1.66. The lowest BCUT2D eigenvalue weighted by Gasteiger charge is -2.39. The number of carbonyl (C=O) groups excluding carboxylic acids is 3. The Kier molecular flexibility index (Phi) is 6.45. The fourth-order valence-corrected chi connectivity index (χ4v) is 4.37. The van der Waals surface area contributed by atoms with Crippen molar-refractivity contribution < 1.29 is 29.0 Å². The van der Waals surface area contributed by atoms with Gasteiger partial charge in [0.15, 0.2) is 5.60 Å². The van der Waals surface area contributed by atoms with Crippen molar-refractivity contribution in [2.24, 2.45) is 11.8 Å². The van der Waals surface area contributed by atoms with Crippen LogP contribution in [0.25, 0.3) is 0 Å². The number of amides is 2. The van der Waals surface area contributed by atoms with E-state index in [-0.39, 0.29) is 37.1 Å². The van der Waals surface area contributed by atoms with Crippen molar-refractivity contribution in [2.75, 3.05) is 32.6 Å². The van der Waals surface area contributed by atoms with Crippen molar-refractivity contribution in [3.63, 3.8) is 0 Å². The third kappa shape index (κ3) is 3.92. The Hall–Kier alpha value is -2.87. The second kappa shape index (κ2) is 8.87. The molecule has 3 rings (SSSR count). The van der Waals surface area contributed by atoms with E-state index >= 15 is 0 Å². The summed E-state index contributed by atoms with van der Waals surface area (Å²) in [5.41, 5.74) is -0.195. The second-order valence-corrected chi connectivity index (χ2v) is 7.73. The van der Waals surface area contributed by atoms with Crippen molar-refractivity contribution in [3.8, 4) is 0 Å². The molecule has 3 atom stereocenters. The lowest BCUT2D eigenvalue weighted by molar-refractivity contribution is -0.143. The van der Waals surface area contributed by atoms with Gasteiger partial charge in [0.05, 0.1) is 26.1 Å². The first-order valence-electron chi connectivity index (χ1n) is 10.1. The Bertz CT molecular complexity index is 867. The van der Waals surface area contributed by atoms with Gasteiger partial charge in [0.25, 0.3) is 5.91 Å². The maximum atomic E-state index is 12.8. The Morgan fingerprint density at radius 3 is 2.73 bits per heavy atom. The number of fused-ring (bicyclic) bond motifs is 1. The van der Waals surface area contributed by atoms with Gasteiger partial charge in [0.2, 0.25) is 5.91 Å². The average molecular weight is 416 g/mol. The van der Waals surface area contributed by atoms with Gasteiger partial charge < -0.3 is 24.8 Å². The van der Waals surface area contributed by atoms with E-state index in [4.69, 9.17) is 9.47 Å². The van der Waals surface area contributed by atoms with Crippen LogP contribution in [0.2, 0.25) is 0 Å². The van der Waals surface area contributed by atoms with Crippen molar-refractivity contribution >= 4 is 23.5 Å². The molecule has 8 heteroatoms. The number of para-hydroxylation sites is 1. The Morgan fingerprint density at radius 2 is 2.07 bits per heavy atom. The molecule has 0 bridgehead atoms. The minimum absolute atomic E-state index is 0.0301. The maximum Gasteiger partial charge on any atom is 0.337 e. The maximum absolute atomic E-state index is 12.8. The highest BCUT2D eigenvalue weighted by Gasteiger charge is 2.46. The van der Waals surface area contributed by atoms with Gasteiger partial charge in [0.1, 0.15) is 0 Å². The van der Waals surface area contributed by atoms with E-state index in [9.17, 15) is 19.5 Å². The first-order chi connectivity index (χ1) is 14.3. The lowest BCUT2D eigenvalue weighted by Crippen LogP contribution is -2.48. The Labute approximate surface area is 175 Å². The SMILES string of the molecule is CC[C@H]1CN(CC[C@@]2(O)C(=O)Nc3ccccc32)C(=O)C[C@@H]1/C(=C/OC)C(=O)OC. The number of hydrogen-bond acceptors (Lipinski definition) is 6. The van der Waals surface area contributed by atoms with Gasteiger partial charge in [-0.25, -0.2) is 4.79 Å². The molecule has 2 N–H and O–H groups in total. The van der Waals surface area contributed by atoms with Gasteiger partial charge in [-0.1, -0.05) is 31.5 Å². The molecule has 1 aromatic carbocycles. The van der Waals surface area contributed by atoms with E-state index in [2.05, 4.69) is 5.32 Å². The number of ether oxygens (including phenoxy) is 2. The second-order valence-electron chi connectivity index (χ2n) is 7.73. The molecule has 162 valence electrons. The largest absolute Gasteiger partial charge is 0.504 e. The summed E-state index contributed by atoms with van der Waals surface area (Å²) in [7, 11) is 2.75. The first-order valence-corrected chi connectivity index (χ1v) is 10.1. The molecule has 0 saturated carbocycles. The summed E-state index contributed by atoms with van der Waals surface area (Å²) >= 11 is 0. The van der Waals surface area contributed by atoms with E-state index < -0.39 is 17.5 Å². The summed E-state index contributed by atoms with van der Waals surface area (Å²) in [5, 5.41) is 13.7. The molecular formula is C22H28N2O6. The fraction of sp³-hybridized carbons (Fsp3) is 0.500. The van der Waals surface area contributed by atoms with Crippen LogP contribution in [-0.2, 0) is 29.5 Å². The molecule has 0 unspecified atom stereocenters. The third-order valence-corrected chi connectivity index (χ3v) is 6.10. The molecule has 1 saturated heterocycles. The Balaban J connectivity index is 1.74. The standard InChI is InChI=1S/C22H28N2O6/c1-4-14-12-24(19(25)11-15(14)16(13-29-2)20(26)30-3)10-9-22(28)17-7-5-6-8-18(17)23-21(22)27/h5-8,13-15,28H,4,9-12H2,1-3H3,(H,23,27)/b16-13-/t14-,15-,22-/m0/s1. The molecule has 1 aromatic rings. The zero-order valence-electron chi connectivity index (χ0n) is 17.5. The molecule has 0 radical (unpaired) electrons. The highest BCUT2D eigenvalue weighted by atomic mass is 16.5. The Morgan fingerprint density at radius 1 is 1.33 bits per heavy atom. The van der Waals surface area contributed by atoms with Crippen LogP contribution < -0.4 is 5.32 Å². The summed E-state index contributed by atoms with van der Waals surface area (Å²) in [6.07, 6.45) is 2.34. The summed E-state index contributed by atoms with van der Waals surface area (Å²) in [6.45, 7) is 2.67. The van der Waals surface area contributed by atoms with E-state index in [0.717, 1.165) is 6.42 Å². The van der Waals surface area contributed by atoms with Gasteiger partial charge in [0, 0.05) is 43.1 Å². The monoisotopic (exact) mass is 416 g/mol. The number of piperidine rings is 1. The van der Waals surface area contributed by atoms with Crippen molar-refractivity contribution in [1.29, 1.82) is 0 Å². The van der Waals surface area contributed by atoms with Crippen LogP contribution in [0.5, 0.6) is 0 Å². The normalized spacial score (nSPS) is 26.3. The smallest absolute Gasteiger partial charge is 0.337 e. The molecule has 1 fully saturated rings. The summed E-state index contributed by atoms with van der Waals surface area (Å²) in [5.74, 6) is -1.39. The van der Waals surface area contributed by atoms with Crippen LogP contribution in [0.1, 0.15) is 31.7 Å². The molecule has 0 aromatic heterocycles. The van der Waals surface area contributed by atoms with E-state index in [1.54, 1.807) is 29.2 Å². The van der Waals surface area contributed by atoms with Crippen LogP contribution in [0.4, 0.5) is 5.69 Å². The molecule has 0 aliphatic carbocycles. The van der Waals surface area contributed by atoms with Gasteiger partial charge in [-0.15, -0.1) is 0 Å². The minimum Gasteiger partial charge on any atom is -0.504 e. The highest BCUT2D eigenvalue weighted by Crippen LogP contribution is 2.39. The number of methoxy groups -OCH3 is 2. The number of esters is 1. The third-order valence-electron chi connectivity index (χ3n) is 6.10. The summed E-state index contributed by atoms with van der Waals surface area (Å²) in [6, 6.07) is 7.02. The predicted molar refractivity (Wildman–Crippen MR) is 109 cm³/mol. The predicted octanol–water partition coefficient (Wildman–Crippen LogP) is 1.79. The van der Waals surface area contributed by atoms with E-state index in [1.807, 2.05) is 6.92 Å². The quantitative estimate of drug-likeness (QED) is 0.399. The number of carbonyl (C=O) groups is 3. The van der Waals surface area contributed by atoms with Crippen LogP contribution >= 0.6 is 0 Å². The number of aliphatic hydroxyl groups is 1. The number of nitrogens with one attached hydrogen (secondary N) is 1. The number of hydrogen-bond donors (Lipinski definition) is 2. The van der Waals surface area contributed by atoms with E-state index in [0.29, 0.717) is 23.4 Å². The zero-order valence-corrected chi connectivity index (χ0v) is 17.5. The fourth-order valence-electron chi connectivity index (χ4n) is 4.37. The van der Waals surface area contributed by atoms with Gasteiger partial charge in [-0.3, -0.25) is 9.59 Å². The number of rotatable bonds is 7. The van der Waals surface area contributed by atoms with Crippen molar-refractivity contribution in [2.45, 2.75) is 31.8 Å². The average Bonchev–Trinajstić information content (AvgIpc) is 3.01. The molecule has 2 amide bonds. The van der Waals surface area contributed by atoms with Gasteiger partial charge in [-0.2, -0.15) is 0 Å². The molecule has 30 heavy (non-hydrogen) atoms. The number of benzene rings is 1. The molecule has 0 spiro atoms.